The smallest absolute Gasteiger partial charge is 0.402 e. The molecule has 2 heterocycles. The Morgan fingerprint density at radius 2 is 1.81 bits per heavy atom. The van der Waals surface area contributed by atoms with Gasteiger partial charge in [-0.15, -0.1) is 0 Å². The van der Waals surface area contributed by atoms with Crippen molar-refractivity contribution in [2.24, 2.45) is 0 Å². The first-order valence-corrected chi connectivity index (χ1v) is 15.4. The number of morpholine rings is 1. The Kier molecular flexibility index (Phi) is 10.6. The van der Waals surface area contributed by atoms with E-state index in [1.54, 1.807) is 58.0 Å². The second-order valence-electron chi connectivity index (χ2n) is 9.92. The highest BCUT2D eigenvalue weighted by molar-refractivity contribution is 7.49. The largest absolute Gasteiger partial charge is 0.530 e. The minimum absolute atomic E-state index is 0.300. The van der Waals surface area contributed by atoms with Gasteiger partial charge in [-0.25, -0.2) is 14.5 Å². The van der Waals surface area contributed by atoms with Crippen molar-refractivity contribution in [2.45, 2.75) is 39.9 Å². The molecule has 0 radical (unpaired) electrons. The lowest BCUT2D eigenvalue weighted by molar-refractivity contribution is -0.111. The van der Waals surface area contributed by atoms with Crippen LogP contribution < -0.4 is 20.1 Å². The van der Waals surface area contributed by atoms with E-state index in [0.29, 0.717) is 71.3 Å². The molecule has 0 atom stereocenters. The van der Waals surface area contributed by atoms with Crippen molar-refractivity contribution in [2.75, 3.05) is 41.8 Å². The van der Waals surface area contributed by atoms with Crippen molar-refractivity contribution < 1.29 is 27.7 Å². The van der Waals surface area contributed by atoms with Crippen LogP contribution in [0.5, 0.6) is 5.75 Å². The van der Waals surface area contributed by atoms with Crippen molar-refractivity contribution in [1.29, 1.82) is 0 Å². The number of halogens is 1. The number of anilines is 4. The average molecular weight is 616 g/mol. The van der Waals surface area contributed by atoms with Crippen LogP contribution in [0.3, 0.4) is 0 Å². The van der Waals surface area contributed by atoms with Crippen LogP contribution in [0.4, 0.5) is 23.0 Å². The third-order valence-electron chi connectivity index (χ3n) is 5.79. The van der Waals surface area contributed by atoms with Crippen molar-refractivity contribution in [1.82, 2.24) is 9.97 Å². The number of amides is 1. The summed E-state index contributed by atoms with van der Waals surface area (Å²) in [6.45, 7) is 12.8. The molecule has 1 aliphatic rings. The summed E-state index contributed by atoms with van der Waals surface area (Å²) in [5, 5.41) is 6.30. The van der Waals surface area contributed by atoms with E-state index in [0.717, 1.165) is 0 Å². The van der Waals surface area contributed by atoms with E-state index < -0.39 is 7.82 Å². The predicted octanol–water partition coefficient (Wildman–Crippen LogP) is 6.84. The zero-order valence-electron chi connectivity index (χ0n) is 24.0. The van der Waals surface area contributed by atoms with E-state index in [4.69, 9.17) is 29.9 Å². The van der Waals surface area contributed by atoms with Crippen LogP contribution in [0.1, 0.15) is 27.7 Å². The lowest BCUT2D eigenvalue weighted by Crippen LogP contribution is -2.36. The monoisotopic (exact) mass is 615 g/mol. The molecule has 0 spiro atoms. The van der Waals surface area contributed by atoms with Gasteiger partial charge in [-0.3, -0.25) is 13.8 Å². The van der Waals surface area contributed by atoms with E-state index in [1.807, 2.05) is 12.1 Å². The highest BCUT2D eigenvalue weighted by Gasteiger charge is 2.33. The SMILES string of the molecule is C=CC(=O)Nc1cccc(-c2nc(Nc3ccc(OP(=O)(OC(C)C)OC(C)C)c(N4CCOCC4)c3)ncc2Cl)c1. The van der Waals surface area contributed by atoms with Gasteiger partial charge in [0.05, 0.1) is 48.0 Å². The highest BCUT2D eigenvalue weighted by Crippen LogP contribution is 2.53. The predicted molar refractivity (Wildman–Crippen MR) is 165 cm³/mol. The minimum atomic E-state index is -3.92. The Morgan fingerprint density at radius 1 is 1.10 bits per heavy atom. The second-order valence-corrected chi connectivity index (χ2v) is 11.8. The van der Waals surface area contributed by atoms with Crippen LogP contribution in [0.15, 0.2) is 61.3 Å². The van der Waals surface area contributed by atoms with E-state index in [-0.39, 0.29) is 18.1 Å². The lowest BCUT2D eigenvalue weighted by atomic mass is 10.1. The maximum atomic E-state index is 13.5. The Bertz CT molecular complexity index is 1450. The van der Waals surface area contributed by atoms with Crippen LogP contribution in [0.25, 0.3) is 11.3 Å². The van der Waals surface area contributed by atoms with Gasteiger partial charge in [-0.1, -0.05) is 30.3 Å². The number of nitrogens with zero attached hydrogens (tertiary/aromatic N) is 3. The summed E-state index contributed by atoms with van der Waals surface area (Å²) in [4.78, 5) is 22.8. The van der Waals surface area contributed by atoms with Crippen LogP contribution in [-0.4, -0.2) is 54.4 Å². The molecule has 42 heavy (non-hydrogen) atoms. The van der Waals surface area contributed by atoms with Crippen LogP contribution in [0.2, 0.25) is 5.02 Å². The van der Waals surface area contributed by atoms with E-state index in [2.05, 4.69) is 32.1 Å². The first-order valence-electron chi connectivity index (χ1n) is 13.5. The summed E-state index contributed by atoms with van der Waals surface area (Å²) in [5.74, 6) is 0.325. The molecule has 2 aromatic carbocycles. The maximum absolute atomic E-state index is 13.5. The molecule has 1 amide bonds. The Hall–Kier alpha value is -3.47. The Labute approximate surface area is 250 Å². The third-order valence-corrected chi connectivity index (χ3v) is 7.85. The van der Waals surface area contributed by atoms with Gasteiger partial charge in [0.25, 0.3) is 0 Å². The van der Waals surface area contributed by atoms with Crippen molar-refractivity contribution in [3.63, 3.8) is 0 Å². The molecular weight excluding hydrogens is 581 g/mol. The summed E-state index contributed by atoms with van der Waals surface area (Å²) in [5.41, 5.74) is 3.09. The highest BCUT2D eigenvalue weighted by atomic mass is 35.5. The Morgan fingerprint density at radius 3 is 2.48 bits per heavy atom. The zero-order valence-corrected chi connectivity index (χ0v) is 25.7. The number of phosphoric ester groups is 1. The van der Waals surface area contributed by atoms with Crippen LogP contribution in [-0.2, 0) is 23.1 Å². The summed E-state index contributed by atoms with van der Waals surface area (Å²) in [7, 11) is -3.92. The molecule has 0 bridgehead atoms. The standard InChI is InChI=1S/C29H35ClN5O6P/c1-6-27(36)32-22-9-7-8-21(16-22)28-24(30)18-31-29(34-28)33-23-10-11-26(25(17-23)35-12-14-38-15-13-35)41-42(37,39-19(2)3)40-20(4)5/h6-11,16-20H,1,12-15H2,2-5H3,(H,32,36)(H,31,33,34). The number of hydrogen-bond donors (Lipinski definition) is 2. The maximum Gasteiger partial charge on any atom is 0.530 e. The van der Waals surface area contributed by atoms with Gasteiger partial charge in [0.1, 0.15) is 0 Å². The number of carbonyl (C=O) groups excluding carboxylic acids is 1. The molecule has 1 fully saturated rings. The number of phosphoric acid groups is 1. The topological polar surface area (TPSA) is 124 Å². The van der Waals surface area contributed by atoms with Gasteiger partial charge in [-0.2, -0.15) is 0 Å². The van der Waals surface area contributed by atoms with Gasteiger partial charge < -0.3 is 24.8 Å². The fourth-order valence-electron chi connectivity index (χ4n) is 4.12. The fraction of sp³-hybridized carbons (Fsp3) is 0.345. The van der Waals surface area contributed by atoms with Crippen LogP contribution in [0, 0.1) is 0 Å². The molecule has 0 unspecified atom stereocenters. The van der Waals surface area contributed by atoms with Gasteiger partial charge >= 0.3 is 7.82 Å². The zero-order chi connectivity index (χ0) is 30.3. The average Bonchev–Trinajstić information content (AvgIpc) is 2.94. The van der Waals surface area contributed by atoms with Crippen LogP contribution >= 0.6 is 19.4 Å². The fourth-order valence-corrected chi connectivity index (χ4v) is 5.89. The first-order chi connectivity index (χ1) is 20.0. The molecule has 11 nitrogen and oxygen atoms in total. The normalized spacial score (nSPS) is 13.7. The summed E-state index contributed by atoms with van der Waals surface area (Å²) in [6.07, 6.45) is 1.95. The number of aromatic nitrogens is 2. The van der Waals surface area contributed by atoms with Crippen molar-refractivity contribution >= 4 is 48.3 Å². The Balaban J connectivity index is 1.65. The number of hydrogen-bond acceptors (Lipinski definition) is 10. The molecule has 1 aromatic heterocycles. The molecule has 1 aliphatic heterocycles. The van der Waals surface area contributed by atoms with E-state index >= 15 is 0 Å². The van der Waals surface area contributed by atoms with Gasteiger partial charge in [-0.05, 0) is 64.1 Å². The molecule has 4 rings (SSSR count). The first kappa shape index (κ1) is 31.5. The second kappa shape index (κ2) is 14.1. The number of benzene rings is 2. The quantitative estimate of drug-likeness (QED) is 0.165. The molecule has 0 saturated carbocycles. The lowest BCUT2D eigenvalue weighted by Gasteiger charge is -2.31. The molecule has 2 N–H and O–H groups in total. The molecule has 0 aliphatic carbocycles. The summed E-state index contributed by atoms with van der Waals surface area (Å²) in [6, 6.07) is 12.5. The van der Waals surface area contributed by atoms with Crippen molar-refractivity contribution in [3.8, 4) is 17.0 Å². The summed E-state index contributed by atoms with van der Waals surface area (Å²) >= 11 is 6.46. The van der Waals surface area contributed by atoms with Gasteiger partial charge in [0.15, 0.2) is 5.75 Å². The molecule has 1 saturated heterocycles. The molecule has 3 aromatic rings. The third kappa shape index (κ3) is 8.53. The number of rotatable bonds is 12. The van der Waals surface area contributed by atoms with E-state index in [1.165, 1.54) is 12.3 Å². The van der Waals surface area contributed by atoms with Gasteiger partial charge in [0, 0.05) is 30.0 Å². The minimum Gasteiger partial charge on any atom is -0.402 e. The number of carbonyl (C=O) groups is 1. The van der Waals surface area contributed by atoms with E-state index in [9.17, 15) is 9.36 Å². The summed E-state index contributed by atoms with van der Waals surface area (Å²) < 4.78 is 36.3. The molecule has 13 heteroatoms. The number of ether oxygens (including phenoxy) is 1. The number of nitrogens with one attached hydrogen (secondary N) is 2. The molecular formula is C29H35ClN5O6P. The van der Waals surface area contributed by atoms with Gasteiger partial charge in [0.2, 0.25) is 11.9 Å². The molecule has 224 valence electrons. The van der Waals surface area contributed by atoms with Crippen molar-refractivity contribution in [3.05, 3.63) is 66.3 Å².